The maximum absolute atomic E-state index is 12.5. The normalized spacial score (nSPS) is 18.1. The number of nitrogens with one attached hydrogen (secondary N) is 1. The second kappa shape index (κ2) is 7.29. The molecule has 0 aliphatic carbocycles. The van der Waals surface area contributed by atoms with E-state index in [1.165, 1.54) is 0 Å². The molecule has 1 saturated heterocycles. The van der Waals surface area contributed by atoms with E-state index in [1.807, 2.05) is 18.2 Å². The topological polar surface area (TPSA) is 67.9 Å². The molecule has 4 rings (SSSR count). The summed E-state index contributed by atoms with van der Waals surface area (Å²) in [6.07, 6.45) is 0.161. The number of anilines is 1. The number of benzene rings is 2. The van der Waals surface area contributed by atoms with E-state index in [2.05, 4.69) is 5.32 Å². The molecule has 0 saturated carbocycles. The van der Waals surface area contributed by atoms with E-state index < -0.39 is 5.92 Å². The fourth-order valence-electron chi connectivity index (χ4n) is 3.20. The van der Waals surface area contributed by atoms with Gasteiger partial charge in [0.15, 0.2) is 11.5 Å². The van der Waals surface area contributed by atoms with Crippen molar-refractivity contribution in [2.45, 2.75) is 13.0 Å². The number of hydrogen-bond donors (Lipinski definition) is 1. The molecule has 1 fully saturated rings. The van der Waals surface area contributed by atoms with Gasteiger partial charge in [-0.15, -0.1) is 0 Å². The molecule has 0 radical (unpaired) electrons. The summed E-state index contributed by atoms with van der Waals surface area (Å²) >= 11 is 12.1. The van der Waals surface area contributed by atoms with Crippen molar-refractivity contribution in [1.82, 2.24) is 4.90 Å². The van der Waals surface area contributed by atoms with Crippen LogP contribution in [0.4, 0.5) is 5.69 Å². The standard InChI is InChI=1S/C19H16Cl2N2O4/c20-13-2-1-3-14(18(13)21)22-19(25)12-7-17(24)23(9-12)8-11-4-5-15-16(6-11)27-10-26-15/h1-6,12H,7-10H2,(H,22,25). The second-order valence-corrected chi connectivity index (χ2v) is 7.24. The molecule has 1 atom stereocenters. The van der Waals surface area contributed by atoms with E-state index in [0.717, 1.165) is 5.56 Å². The highest BCUT2D eigenvalue weighted by Crippen LogP contribution is 2.34. The van der Waals surface area contributed by atoms with Gasteiger partial charge in [-0.25, -0.2) is 0 Å². The summed E-state index contributed by atoms with van der Waals surface area (Å²) in [6, 6.07) is 10.6. The highest BCUT2D eigenvalue weighted by Gasteiger charge is 2.34. The van der Waals surface area contributed by atoms with Gasteiger partial charge in [-0.05, 0) is 29.8 Å². The average Bonchev–Trinajstić information content (AvgIpc) is 3.25. The van der Waals surface area contributed by atoms with E-state index in [4.69, 9.17) is 32.7 Å². The Kier molecular flexibility index (Phi) is 4.85. The zero-order valence-electron chi connectivity index (χ0n) is 14.2. The van der Waals surface area contributed by atoms with Crippen LogP contribution in [0.25, 0.3) is 0 Å². The van der Waals surface area contributed by atoms with Gasteiger partial charge >= 0.3 is 0 Å². The smallest absolute Gasteiger partial charge is 0.231 e. The summed E-state index contributed by atoms with van der Waals surface area (Å²) in [6.45, 7) is 0.963. The molecule has 0 aromatic heterocycles. The molecule has 2 amide bonds. The van der Waals surface area contributed by atoms with E-state index in [9.17, 15) is 9.59 Å². The lowest BCUT2D eigenvalue weighted by molar-refractivity contribution is -0.128. The first kappa shape index (κ1) is 17.9. The molecule has 0 spiro atoms. The predicted molar refractivity (Wildman–Crippen MR) is 101 cm³/mol. The first-order chi connectivity index (χ1) is 13.0. The van der Waals surface area contributed by atoms with Crippen molar-refractivity contribution in [2.24, 2.45) is 5.92 Å². The van der Waals surface area contributed by atoms with Gasteiger partial charge in [-0.3, -0.25) is 9.59 Å². The maximum Gasteiger partial charge on any atom is 0.231 e. The molecular formula is C19H16Cl2N2O4. The van der Waals surface area contributed by atoms with Crippen LogP contribution in [0.15, 0.2) is 36.4 Å². The molecule has 2 aliphatic heterocycles. The van der Waals surface area contributed by atoms with Crippen molar-refractivity contribution < 1.29 is 19.1 Å². The number of halogens is 2. The molecule has 1 unspecified atom stereocenters. The van der Waals surface area contributed by atoms with Gasteiger partial charge in [0.1, 0.15) is 0 Å². The van der Waals surface area contributed by atoms with Gasteiger partial charge in [0.05, 0.1) is 21.7 Å². The predicted octanol–water partition coefficient (Wildman–Crippen LogP) is 3.71. The summed E-state index contributed by atoms with van der Waals surface area (Å²) < 4.78 is 10.7. The van der Waals surface area contributed by atoms with Crippen molar-refractivity contribution in [3.05, 3.63) is 52.0 Å². The number of hydrogen-bond acceptors (Lipinski definition) is 4. The van der Waals surface area contributed by atoms with Gasteiger partial charge < -0.3 is 19.7 Å². The summed E-state index contributed by atoms with van der Waals surface area (Å²) in [4.78, 5) is 26.6. The quantitative estimate of drug-likeness (QED) is 0.839. The third kappa shape index (κ3) is 3.68. The van der Waals surface area contributed by atoms with Crippen LogP contribution in [-0.2, 0) is 16.1 Å². The third-order valence-electron chi connectivity index (χ3n) is 4.61. The molecule has 2 aromatic rings. The Balaban J connectivity index is 1.41. The molecule has 2 heterocycles. The van der Waals surface area contributed by atoms with Crippen LogP contribution >= 0.6 is 23.2 Å². The second-order valence-electron chi connectivity index (χ2n) is 6.45. The van der Waals surface area contributed by atoms with Crippen LogP contribution in [0.3, 0.4) is 0 Å². The van der Waals surface area contributed by atoms with Crippen molar-refractivity contribution >= 4 is 40.7 Å². The van der Waals surface area contributed by atoms with Crippen LogP contribution in [0, 0.1) is 5.92 Å². The number of fused-ring (bicyclic) bond motifs is 1. The largest absolute Gasteiger partial charge is 0.454 e. The zero-order valence-corrected chi connectivity index (χ0v) is 15.7. The lowest BCUT2D eigenvalue weighted by Crippen LogP contribution is -2.28. The SMILES string of the molecule is O=C(Nc1cccc(Cl)c1Cl)C1CC(=O)N(Cc2ccc3c(c2)OCO3)C1. The Morgan fingerprint density at radius 2 is 2.00 bits per heavy atom. The van der Waals surface area contributed by atoms with Crippen molar-refractivity contribution in [1.29, 1.82) is 0 Å². The average molecular weight is 407 g/mol. The van der Waals surface area contributed by atoms with Crippen molar-refractivity contribution in [3.8, 4) is 11.5 Å². The summed E-state index contributed by atoms with van der Waals surface area (Å²) in [5.41, 5.74) is 1.36. The third-order valence-corrected chi connectivity index (χ3v) is 5.42. The number of amides is 2. The minimum absolute atomic E-state index is 0.0648. The summed E-state index contributed by atoms with van der Waals surface area (Å²) in [5.74, 6) is 0.610. The van der Waals surface area contributed by atoms with Crippen LogP contribution < -0.4 is 14.8 Å². The zero-order chi connectivity index (χ0) is 19.0. The lowest BCUT2D eigenvalue weighted by atomic mass is 10.1. The van der Waals surface area contributed by atoms with E-state index in [1.54, 1.807) is 23.1 Å². The van der Waals surface area contributed by atoms with Gasteiger partial charge in [-0.1, -0.05) is 35.3 Å². The van der Waals surface area contributed by atoms with E-state index >= 15 is 0 Å². The number of nitrogens with zero attached hydrogens (tertiary/aromatic N) is 1. The lowest BCUT2D eigenvalue weighted by Gasteiger charge is -2.17. The molecule has 140 valence electrons. The van der Waals surface area contributed by atoms with Gasteiger partial charge in [0, 0.05) is 19.5 Å². The van der Waals surface area contributed by atoms with E-state index in [-0.39, 0.29) is 30.1 Å². The number of ether oxygens (including phenoxy) is 2. The first-order valence-corrected chi connectivity index (χ1v) is 9.18. The highest BCUT2D eigenvalue weighted by atomic mass is 35.5. The maximum atomic E-state index is 12.5. The van der Waals surface area contributed by atoms with Gasteiger partial charge in [0.2, 0.25) is 18.6 Å². The molecule has 8 heteroatoms. The molecule has 2 aromatic carbocycles. The van der Waals surface area contributed by atoms with Crippen molar-refractivity contribution in [3.63, 3.8) is 0 Å². The first-order valence-electron chi connectivity index (χ1n) is 8.42. The number of likely N-dealkylation sites (tertiary alicyclic amines) is 1. The minimum Gasteiger partial charge on any atom is -0.454 e. The Hall–Kier alpha value is -2.44. The summed E-state index contributed by atoms with van der Waals surface area (Å²) in [5, 5.41) is 3.41. The number of rotatable bonds is 4. The highest BCUT2D eigenvalue weighted by molar-refractivity contribution is 6.44. The minimum atomic E-state index is -0.443. The van der Waals surface area contributed by atoms with Crippen LogP contribution in [0.2, 0.25) is 10.0 Å². The molecule has 1 N–H and O–H groups in total. The summed E-state index contributed by atoms with van der Waals surface area (Å²) in [7, 11) is 0. The Morgan fingerprint density at radius 1 is 1.19 bits per heavy atom. The van der Waals surface area contributed by atoms with E-state index in [0.29, 0.717) is 35.3 Å². The fraction of sp³-hybridized carbons (Fsp3) is 0.263. The van der Waals surface area contributed by atoms with Crippen molar-refractivity contribution in [2.75, 3.05) is 18.7 Å². The molecule has 27 heavy (non-hydrogen) atoms. The molecular weight excluding hydrogens is 391 g/mol. The fourth-order valence-corrected chi connectivity index (χ4v) is 3.54. The number of carbonyl (C=O) groups is 2. The van der Waals surface area contributed by atoms with Crippen LogP contribution in [0.5, 0.6) is 11.5 Å². The monoisotopic (exact) mass is 406 g/mol. The number of carbonyl (C=O) groups excluding carboxylic acids is 2. The Morgan fingerprint density at radius 3 is 2.85 bits per heavy atom. The Labute approximate surface area is 165 Å². The molecule has 0 bridgehead atoms. The van der Waals surface area contributed by atoms with Gasteiger partial charge in [-0.2, -0.15) is 0 Å². The van der Waals surface area contributed by atoms with Gasteiger partial charge in [0.25, 0.3) is 0 Å². The van der Waals surface area contributed by atoms with Crippen LogP contribution in [-0.4, -0.2) is 30.1 Å². The van der Waals surface area contributed by atoms with Crippen LogP contribution in [0.1, 0.15) is 12.0 Å². The Bertz CT molecular complexity index is 919. The molecule has 2 aliphatic rings. The molecule has 6 nitrogen and oxygen atoms in total.